The first-order chi connectivity index (χ1) is 14.4. The molecule has 0 aliphatic heterocycles. The molecule has 1 atom stereocenters. The van der Waals surface area contributed by atoms with E-state index >= 15 is 0 Å². The third-order valence-corrected chi connectivity index (χ3v) is 7.01. The molecule has 1 fully saturated rings. The number of rotatable bonds is 4. The van der Waals surface area contributed by atoms with Crippen molar-refractivity contribution in [1.29, 1.82) is 0 Å². The van der Waals surface area contributed by atoms with E-state index in [9.17, 15) is 17.6 Å². The summed E-state index contributed by atoms with van der Waals surface area (Å²) in [6, 6.07) is 8.70. The van der Waals surface area contributed by atoms with Crippen LogP contribution in [0.3, 0.4) is 0 Å². The van der Waals surface area contributed by atoms with Crippen molar-refractivity contribution < 1.29 is 75.7 Å². The zero-order valence-corrected chi connectivity index (χ0v) is 23.2. The number of halogens is 4. The van der Waals surface area contributed by atoms with E-state index in [4.69, 9.17) is 0 Å². The van der Waals surface area contributed by atoms with E-state index < -0.39 is 23.3 Å². The topological polar surface area (TPSA) is 0 Å². The number of hydrogen-bond donors (Lipinski definition) is 0. The van der Waals surface area contributed by atoms with Gasteiger partial charge >= 0.3 is 58.2 Å². The Kier molecular flexibility index (Phi) is 9.17. The van der Waals surface area contributed by atoms with Gasteiger partial charge in [0.2, 0.25) is 0 Å². The van der Waals surface area contributed by atoms with Crippen LogP contribution < -0.4 is 58.2 Å². The number of benzene rings is 2. The van der Waals surface area contributed by atoms with E-state index in [2.05, 4.69) is 12.1 Å². The molecule has 2 aliphatic rings. The predicted octanol–water partition coefficient (Wildman–Crippen LogP) is 4.90. The summed E-state index contributed by atoms with van der Waals surface area (Å²) in [5, 5.41) is 0. The Bertz CT molecular complexity index is 945. The van der Waals surface area contributed by atoms with E-state index in [1.54, 1.807) is 25.1 Å². The maximum atomic E-state index is 14.3. The van der Waals surface area contributed by atoms with Crippen LogP contribution in [0.5, 0.6) is 0 Å². The molecule has 160 valence electrons. The molecular weight excluding hydrogens is 474 g/mol. The zero-order chi connectivity index (χ0) is 21.3. The molecule has 0 saturated heterocycles. The van der Waals surface area contributed by atoms with Crippen LogP contribution in [0.25, 0.3) is 5.57 Å². The van der Waals surface area contributed by atoms with Gasteiger partial charge in [-0.1, -0.05) is 29.3 Å². The molecule has 0 heterocycles. The third kappa shape index (κ3) is 5.80. The Morgan fingerprint density at radius 3 is 2.29 bits per heavy atom. The van der Waals surface area contributed by atoms with Crippen molar-refractivity contribution in [3.63, 3.8) is 0 Å². The van der Waals surface area contributed by atoms with E-state index in [-0.39, 0.29) is 64.1 Å². The molecule has 4 rings (SSSR count). The fourth-order valence-electron chi connectivity index (χ4n) is 5.20. The monoisotopic (exact) mass is 500 g/mol. The van der Waals surface area contributed by atoms with Crippen LogP contribution in [-0.4, -0.2) is 0 Å². The Balaban J connectivity index is 0.00000272. The largest absolute Gasteiger partial charge is 1.00 e. The van der Waals surface area contributed by atoms with Gasteiger partial charge in [0.15, 0.2) is 11.6 Å². The Labute approximate surface area is 231 Å². The molecule has 1 unspecified atom stereocenters. The van der Waals surface area contributed by atoms with Gasteiger partial charge in [0.05, 0.1) is 5.82 Å². The second-order valence-electron chi connectivity index (χ2n) is 8.94. The van der Waals surface area contributed by atoms with Gasteiger partial charge in [-0.05, 0) is 87.2 Å². The summed E-state index contributed by atoms with van der Waals surface area (Å²) >= 11 is 0. The molecule has 0 aromatic heterocycles. The summed E-state index contributed by atoms with van der Waals surface area (Å²) in [5.41, 5.74) is 2.12. The van der Waals surface area contributed by atoms with Gasteiger partial charge in [-0.2, -0.15) is 12.1 Å². The normalized spacial score (nSPS) is 23.8. The first-order valence-corrected chi connectivity index (χ1v) is 10.9. The predicted molar refractivity (Wildman–Crippen MR) is 111 cm³/mol. The van der Waals surface area contributed by atoms with Crippen molar-refractivity contribution >= 4 is 5.57 Å². The summed E-state index contributed by atoms with van der Waals surface area (Å²) in [6.45, 7) is 1.59. The van der Waals surface area contributed by atoms with Crippen LogP contribution in [0.1, 0.15) is 74.0 Å². The van der Waals surface area contributed by atoms with Crippen LogP contribution in [0.2, 0.25) is 0 Å². The van der Waals surface area contributed by atoms with Gasteiger partial charge in [-0.3, -0.25) is 4.39 Å². The second-order valence-corrected chi connectivity index (χ2v) is 8.94. The molecule has 2 aliphatic carbocycles. The SMILES string of the molecule is Cc1ccc(C2CCC(CC3CC=C(c4cc[c-]c(F)c4F)CC3)CC2)c(F)c1F.[Rb+]. The molecule has 0 nitrogen and oxygen atoms in total. The molecule has 0 amide bonds. The van der Waals surface area contributed by atoms with Crippen molar-refractivity contribution in [2.75, 3.05) is 0 Å². The molecule has 2 aromatic carbocycles. The van der Waals surface area contributed by atoms with Crippen LogP contribution in [0.15, 0.2) is 30.3 Å². The van der Waals surface area contributed by atoms with Gasteiger partial charge in [0, 0.05) is 5.82 Å². The second kappa shape index (κ2) is 11.2. The summed E-state index contributed by atoms with van der Waals surface area (Å²) in [4.78, 5) is 0. The molecular formula is C26H27F4Rb. The molecule has 1 saturated carbocycles. The molecule has 0 bridgehead atoms. The molecule has 0 N–H and O–H groups in total. The minimum atomic E-state index is -0.919. The molecule has 2 aromatic rings. The first-order valence-electron chi connectivity index (χ1n) is 10.9. The fourth-order valence-corrected chi connectivity index (χ4v) is 5.20. The van der Waals surface area contributed by atoms with Crippen molar-refractivity contribution in [1.82, 2.24) is 0 Å². The van der Waals surface area contributed by atoms with Crippen molar-refractivity contribution in [2.45, 2.75) is 64.2 Å². The third-order valence-electron chi connectivity index (χ3n) is 7.01. The van der Waals surface area contributed by atoms with E-state index in [1.165, 1.54) is 6.07 Å². The maximum absolute atomic E-state index is 14.3. The molecule has 0 radical (unpaired) electrons. The summed E-state index contributed by atoms with van der Waals surface area (Å²) < 4.78 is 55.7. The summed E-state index contributed by atoms with van der Waals surface area (Å²) in [5.74, 6) is -1.87. The van der Waals surface area contributed by atoms with Crippen molar-refractivity contribution in [3.8, 4) is 0 Å². The smallest absolute Gasteiger partial charge is 0.281 e. The zero-order valence-electron chi connectivity index (χ0n) is 18.3. The molecule has 31 heavy (non-hydrogen) atoms. The van der Waals surface area contributed by atoms with Crippen molar-refractivity contribution in [2.24, 2.45) is 11.8 Å². The standard InChI is InChI=1S/C26H27F4.Rb/c1-16-5-14-22(26(30)24(16)28)20-12-8-18(9-13-20)15-17-6-10-19(11-7-17)21-3-2-4-23(27)25(21)29;/h2-3,5,10,14,17-18,20H,6-9,11-13,15H2,1H3;/q-1;+1. The Hall–Kier alpha value is -0.295. The van der Waals surface area contributed by atoms with Crippen LogP contribution >= 0.6 is 0 Å². The van der Waals surface area contributed by atoms with Gasteiger partial charge in [0.25, 0.3) is 0 Å². The minimum Gasteiger partial charge on any atom is -0.281 e. The van der Waals surface area contributed by atoms with Gasteiger partial charge in [0.1, 0.15) is 0 Å². The van der Waals surface area contributed by atoms with E-state index in [1.807, 2.05) is 0 Å². The van der Waals surface area contributed by atoms with Crippen LogP contribution in [-0.2, 0) is 0 Å². The minimum absolute atomic E-state index is 0. The van der Waals surface area contributed by atoms with E-state index in [0.717, 1.165) is 56.9 Å². The van der Waals surface area contributed by atoms with Gasteiger partial charge < -0.3 is 0 Å². The molecule has 5 heteroatoms. The van der Waals surface area contributed by atoms with Crippen LogP contribution in [0.4, 0.5) is 17.6 Å². The van der Waals surface area contributed by atoms with Gasteiger partial charge in [-0.15, -0.1) is 6.07 Å². The fraction of sp³-hybridized carbons (Fsp3) is 0.462. The summed E-state index contributed by atoms with van der Waals surface area (Å²) in [6.07, 6.45) is 9.63. The van der Waals surface area contributed by atoms with Crippen LogP contribution in [0, 0.1) is 48.1 Å². The van der Waals surface area contributed by atoms with E-state index in [0.29, 0.717) is 28.5 Å². The first kappa shape index (κ1) is 25.3. The average molecular weight is 501 g/mol. The van der Waals surface area contributed by atoms with Crippen molar-refractivity contribution in [3.05, 3.63) is 76.4 Å². The van der Waals surface area contributed by atoms with Gasteiger partial charge in [-0.25, -0.2) is 13.2 Å². The number of aryl methyl sites for hydroxylation is 1. The molecule has 0 spiro atoms. The maximum Gasteiger partial charge on any atom is 1.00 e. The Morgan fingerprint density at radius 2 is 1.61 bits per heavy atom. The summed E-state index contributed by atoms with van der Waals surface area (Å²) in [7, 11) is 0. The number of hydrogen-bond acceptors (Lipinski definition) is 0. The number of allylic oxidation sites excluding steroid dienone is 2. The quantitative estimate of drug-likeness (QED) is 0.414. The average Bonchev–Trinajstić information content (AvgIpc) is 2.76. The Morgan fingerprint density at radius 1 is 0.871 bits per heavy atom.